The number of carbonyl (C=O) groups is 3. The van der Waals surface area contributed by atoms with E-state index < -0.39 is 11.8 Å². The van der Waals surface area contributed by atoms with Gasteiger partial charge in [0.1, 0.15) is 0 Å². The van der Waals surface area contributed by atoms with Crippen molar-refractivity contribution >= 4 is 23.3 Å². The molecule has 0 bridgehead atoms. The van der Waals surface area contributed by atoms with Crippen molar-refractivity contribution in [3.8, 4) is 0 Å². The zero-order valence-electron chi connectivity index (χ0n) is 11.2. The fraction of sp³-hybridized carbons (Fsp3) is 0.357. The van der Waals surface area contributed by atoms with Crippen LogP contribution in [0.25, 0.3) is 0 Å². The Kier molecular flexibility index (Phi) is 4.47. The number of hydrogen-bond acceptors (Lipinski definition) is 4. The van der Waals surface area contributed by atoms with E-state index in [0.29, 0.717) is 37.6 Å². The van der Waals surface area contributed by atoms with Gasteiger partial charge < -0.3 is 15.0 Å². The van der Waals surface area contributed by atoms with Gasteiger partial charge in [-0.15, -0.1) is 0 Å². The molecule has 0 atom stereocenters. The van der Waals surface area contributed by atoms with Gasteiger partial charge in [0.25, 0.3) is 0 Å². The number of Topliss-reactive ketones (excluding diaryl/α,β-unsaturated/α-hetero) is 1. The van der Waals surface area contributed by atoms with E-state index in [0.717, 1.165) is 0 Å². The molecule has 1 aliphatic heterocycles. The van der Waals surface area contributed by atoms with Crippen LogP contribution in [0.2, 0.25) is 0 Å². The number of ether oxygens (including phenoxy) is 1. The van der Waals surface area contributed by atoms with Crippen LogP contribution in [-0.2, 0) is 14.3 Å². The predicted octanol–water partition coefficient (Wildman–Crippen LogP) is 0.686. The SMILES string of the molecule is CC(=O)c1cccc(NC(=O)C(=O)N2CCOCC2)c1. The average Bonchev–Trinajstić information content (AvgIpc) is 2.47. The van der Waals surface area contributed by atoms with Gasteiger partial charge in [0.15, 0.2) is 5.78 Å². The lowest BCUT2D eigenvalue weighted by Gasteiger charge is -2.26. The normalized spacial score (nSPS) is 14.8. The van der Waals surface area contributed by atoms with E-state index in [9.17, 15) is 14.4 Å². The summed E-state index contributed by atoms with van der Waals surface area (Å²) in [5.74, 6) is -1.38. The summed E-state index contributed by atoms with van der Waals surface area (Å²) in [6.45, 7) is 3.16. The van der Waals surface area contributed by atoms with E-state index >= 15 is 0 Å². The molecule has 106 valence electrons. The zero-order chi connectivity index (χ0) is 14.5. The van der Waals surface area contributed by atoms with Gasteiger partial charge in [-0.3, -0.25) is 14.4 Å². The molecule has 0 spiro atoms. The molecule has 1 heterocycles. The van der Waals surface area contributed by atoms with Crippen molar-refractivity contribution in [2.24, 2.45) is 0 Å². The van der Waals surface area contributed by atoms with Crippen LogP contribution in [0.15, 0.2) is 24.3 Å². The van der Waals surface area contributed by atoms with Gasteiger partial charge in [-0.2, -0.15) is 0 Å². The van der Waals surface area contributed by atoms with Crippen LogP contribution >= 0.6 is 0 Å². The number of ketones is 1. The highest BCUT2D eigenvalue weighted by Crippen LogP contribution is 2.11. The molecule has 2 rings (SSSR count). The molecule has 2 amide bonds. The summed E-state index contributed by atoms with van der Waals surface area (Å²) in [7, 11) is 0. The average molecular weight is 276 g/mol. The number of rotatable bonds is 2. The summed E-state index contributed by atoms with van der Waals surface area (Å²) in [5.41, 5.74) is 0.922. The van der Waals surface area contributed by atoms with Crippen molar-refractivity contribution in [1.29, 1.82) is 0 Å². The Morgan fingerprint density at radius 3 is 2.55 bits per heavy atom. The monoisotopic (exact) mass is 276 g/mol. The molecule has 0 radical (unpaired) electrons. The Hall–Kier alpha value is -2.21. The number of carbonyl (C=O) groups excluding carboxylic acids is 3. The highest BCUT2D eigenvalue weighted by atomic mass is 16.5. The Morgan fingerprint density at radius 2 is 1.90 bits per heavy atom. The fourth-order valence-corrected chi connectivity index (χ4v) is 1.91. The molecule has 0 aromatic heterocycles. The summed E-state index contributed by atoms with van der Waals surface area (Å²) in [6, 6.07) is 6.50. The van der Waals surface area contributed by atoms with E-state index in [1.54, 1.807) is 24.3 Å². The van der Waals surface area contributed by atoms with Gasteiger partial charge in [-0.05, 0) is 19.1 Å². The molecule has 1 aromatic carbocycles. The minimum absolute atomic E-state index is 0.0967. The third kappa shape index (κ3) is 3.42. The first-order valence-electron chi connectivity index (χ1n) is 6.37. The zero-order valence-corrected chi connectivity index (χ0v) is 11.2. The molecule has 1 aromatic rings. The lowest BCUT2D eigenvalue weighted by atomic mass is 10.1. The highest BCUT2D eigenvalue weighted by molar-refractivity contribution is 6.39. The van der Waals surface area contributed by atoms with E-state index in [2.05, 4.69) is 5.32 Å². The molecule has 1 aliphatic rings. The lowest BCUT2D eigenvalue weighted by molar-refractivity contribution is -0.145. The van der Waals surface area contributed by atoms with Crippen LogP contribution in [0, 0.1) is 0 Å². The highest BCUT2D eigenvalue weighted by Gasteiger charge is 2.23. The van der Waals surface area contributed by atoms with E-state index in [1.165, 1.54) is 11.8 Å². The van der Waals surface area contributed by atoms with Crippen LogP contribution in [0.5, 0.6) is 0 Å². The lowest BCUT2D eigenvalue weighted by Crippen LogP contribution is -2.45. The van der Waals surface area contributed by atoms with Crippen molar-refractivity contribution in [3.05, 3.63) is 29.8 Å². The maximum atomic E-state index is 11.9. The predicted molar refractivity (Wildman–Crippen MR) is 72.5 cm³/mol. The number of benzene rings is 1. The van der Waals surface area contributed by atoms with Crippen LogP contribution in [-0.4, -0.2) is 48.8 Å². The second kappa shape index (κ2) is 6.29. The molecule has 0 saturated carbocycles. The van der Waals surface area contributed by atoms with Gasteiger partial charge in [-0.1, -0.05) is 12.1 Å². The van der Waals surface area contributed by atoms with Gasteiger partial charge in [0.05, 0.1) is 13.2 Å². The summed E-state index contributed by atoms with van der Waals surface area (Å²) in [5, 5.41) is 2.51. The van der Waals surface area contributed by atoms with E-state index in [4.69, 9.17) is 4.74 Å². The standard InChI is InChI=1S/C14H16N2O4/c1-10(17)11-3-2-4-12(9-11)15-13(18)14(19)16-5-7-20-8-6-16/h2-4,9H,5-8H2,1H3,(H,15,18). The molecule has 6 heteroatoms. The van der Waals surface area contributed by atoms with E-state index in [-0.39, 0.29) is 5.78 Å². The van der Waals surface area contributed by atoms with Crippen molar-refractivity contribution in [1.82, 2.24) is 4.90 Å². The topological polar surface area (TPSA) is 75.7 Å². The third-order valence-electron chi connectivity index (χ3n) is 3.02. The van der Waals surface area contributed by atoms with Gasteiger partial charge >= 0.3 is 11.8 Å². The third-order valence-corrected chi connectivity index (χ3v) is 3.02. The molecule has 1 saturated heterocycles. The number of anilines is 1. The maximum absolute atomic E-state index is 11.9. The second-order valence-corrected chi connectivity index (χ2v) is 4.50. The van der Waals surface area contributed by atoms with Crippen molar-refractivity contribution in [2.45, 2.75) is 6.92 Å². The van der Waals surface area contributed by atoms with Crippen LogP contribution < -0.4 is 5.32 Å². The molecular formula is C14H16N2O4. The van der Waals surface area contributed by atoms with Crippen LogP contribution in [0.3, 0.4) is 0 Å². The Bertz CT molecular complexity index is 536. The van der Waals surface area contributed by atoms with Crippen LogP contribution in [0.4, 0.5) is 5.69 Å². The minimum Gasteiger partial charge on any atom is -0.378 e. The number of amides is 2. The number of nitrogens with one attached hydrogen (secondary N) is 1. The number of hydrogen-bond donors (Lipinski definition) is 1. The largest absolute Gasteiger partial charge is 0.378 e. The summed E-state index contributed by atoms with van der Waals surface area (Å²) in [6.07, 6.45) is 0. The molecule has 6 nitrogen and oxygen atoms in total. The maximum Gasteiger partial charge on any atom is 0.313 e. The Labute approximate surface area is 116 Å². The first-order chi connectivity index (χ1) is 9.58. The van der Waals surface area contributed by atoms with Crippen molar-refractivity contribution in [3.63, 3.8) is 0 Å². The van der Waals surface area contributed by atoms with Crippen LogP contribution in [0.1, 0.15) is 17.3 Å². The smallest absolute Gasteiger partial charge is 0.313 e. The summed E-state index contributed by atoms with van der Waals surface area (Å²) >= 11 is 0. The molecule has 1 fully saturated rings. The quantitative estimate of drug-likeness (QED) is 0.637. The first kappa shape index (κ1) is 14.2. The Morgan fingerprint density at radius 1 is 1.20 bits per heavy atom. The van der Waals surface area contributed by atoms with Crippen molar-refractivity contribution in [2.75, 3.05) is 31.6 Å². The van der Waals surface area contributed by atoms with Gasteiger partial charge in [-0.25, -0.2) is 0 Å². The molecular weight excluding hydrogens is 260 g/mol. The summed E-state index contributed by atoms with van der Waals surface area (Å²) < 4.78 is 5.13. The first-order valence-corrected chi connectivity index (χ1v) is 6.37. The minimum atomic E-state index is -0.701. The fourth-order valence-electron chi connectivity index (χ4n) is 1.91. The van der Waals surface area contributed by atoms with Gasteiger partial charge in [0.2, 0.25) is 0 Å². The number of morpholine rings is 1. The van der Waals surface area contributed by atoms with Gasteiger partial charge in [0, 0.05) is 24.3 Å². The Balaban J connectivity index is 2.01. The molecule has 20 heavy (non-hydrogen) atoms. The van der Waals surface area contributed by atoms with Crippen molar-refractivity contribution < 1.29 is 19.1 Å². The second-order valence-electron chi connectivity index (χ2n) is 4.50. The molecule has 1 N–H and O–H groups in total. The molecule has 0 unspecified atom stereocenters. The van der Waals surface area contributed by atoms with E-state index in [1.807, 2.05) is 0 Å². The molecule has 0 aliphatic carbocycles. The number of nitrogens with zero attached hydrogens (tertiary/aromatic N) is 1. The summed E-state index contributed by atoms with van der Waals surface area (Å²) in [4.78, 5) is 36.5.